The van der Waals surface area contributed by atoms with Gasteiger partial charge in [-0.15, -0.1) is 0 Å². The lowest BCUT2D eigenvalue weighted by Gasteiger charge is -2.19. The predicted octanol–water partition coefficient (Wildman–Crippen LogP) is 4.08. The van der Waals surface area contributed by atoms with Crippen molar-refractivity contribution in [3.05, 3.63) is 65.5 Å². The van der Waals surface area contributed by atoms with Crippen molar-refractivity contribution in [2.45, 2.75) is 25.4 Å². The first-order chi connectivity index (χ1) is 10.3. The fourth-order valence-electron chi connectivity index (χ4n) is 2.63. The van der Waals surface area contributed by atoms with Crippen LogP contribution in [0.2, 0.25) is 0 Å². The van der Waals surface area contributed by atoms with Crippen LogP contribution >= 0.6 is 0 Å². The number of hydrogen-bond acceptors (Lipinski definition) is 2. The van der Waals surface area contributed by atoms with Crippen LogP contribution < -0.4 is 10.1 Å². The summed E-state index contributed by atoms with van der Waals surface area (Å²) < 4.78 is 18.1. The Morgan fingerprint density at radius 2 is 1.76 bits per heavy atom. The Kier molecular flexibility index (Phi) is 4.20. The van der Waals surface area contributed by atoms with Gasteiger partial charge in [-0.3, -0.25) is 0 Å². The average molecular weight is 285 g/mol. The van der Waals surface area contributed by atoms with Crippen LogP contribution in [0.4, 0.5) is 4.39 Å². The van der Waals surface area contributed by atoms with Crippen molar-refractivity contribution >= 4 is 0 Å². The molecule has 1 atom stereocenters. The summed E-state index contributed by atoms with van der Waals surface area (Å²) in [7, 11) is 1.68. The number of hydrogen-bond donors (Lipinski definition) is 1. The van der Waals surface area contributed by atoms with Gasteiger partial charge < -0.3 is 10.1 Å². The van der Waals surface area contributed by atoms with E-state index < -0.39 is 0 Å². The Morgan fingerprint density at radius 3 is 2.33 bits per heavy atom. The van der Waals surface area contributed by atoms with Gasteiger partial charge in [0.05, 0.1) is 7.11 Å². The number of ether oxygens (including phenoxy) is 1. The van der Waals surface area contributed by atoms with Crippen LogP contribution in [-0.4, -0.2) is 7.11 Å². The quantitative estimate of drug-likeness (QED) is 0.863. The predicted molar refractivity (Wildman–Crippen MR) is 81.7 cm³/mol. The molecule has 0 saturated heterocycles. The third kappa shape index (κ3) is 3.61. The molecule has 3 rings (SSSR count). The molecule has 0 aliphatic heterocycles. The first-order valence-electron chi connectivity index (χ1n) is 7.38. The van der Waals surface area contributed by atoms with Gasteiger partial charge >= 0.3 is 0 Å². The normalized spacial score (nSPS) is 15.7. The fraction of sp³-hybridized carbons (Fsp3) is 0.333. The lowest BCUT2D eigenvalue weighted by atomic mass is 10.0. The van der Waals surface area contributed by atoms with E-state index >= 15 is 0 Å². The van der Waals surface area contributed by atoms with Crippen molar-refractivity contribution < 1.29 is 9.13 Å². The highest BCUT2D eigenvalue weighted by Gasteiger charge is 2.31. The van der Waals surface area contributed by atoms with Gasteiger partial charge in [-0.2, -0.15) is 0 Å². The van der Waals surface area contributed by atoms with Crippen LogP contribution in [0.3, 0.4) is 0 Å². The van der Waals surface area contributed by atoms with Crippen molar-refractivity contribution in [2.24, 2.45) is 5.92 Å². The van der Waals surface area contributed by atoms with Crippen LogP contribution in [0.15, 0.2) is 48.5 Å². The zero-order chi connectivity index (χ0) is 14.7. The second-order valence-corrected chi connectivity index (χ2v) is 5.60. The van der Waals surface area contributed by atoms with Gasteiger partial charge in [0.2, 0.25) is 0 Å². The van der Waals surface area contributed by atoms with E-state index in [2.05, 4.69) is 17.4 Å². The second kappa shape index (κ2) is 6.27. The monoisotopic (exact) mass is 285 g/mol. The third-order valence-corrected chi connectivity index (χ3v) is 4.01. The molecule has 2 aromatic carbocycles. The first-order valence-corrected chi connectivity index (χ1v) is 7.38. The molecule has 0 radical (unpaired) electrons. The SMILES string of the molecule is COc1ccc(C(NCc2ccc(F)cc2)C2CC2)cc1. The molecule has 1 N–H and O–H groups in total. The smallest absolute Gasteiger partial charge is 0.123 e. The summed E-state index contributed by atoms with van der Waals surface area (Å²) in [5.41, 5.74) is 2.40. The number of methoxy groups -OCH3 is 1. The van der Waals surface area contributed by atoms with Crippen molar-refractivity contribution in [3.8, 4) is 5.75 Å². The molecule has 0 heterocycles. The highest BCUT2D eigenvalue weighted by Crippen LogP contribution is 2.41. The van der Waals surface area contributed by atoms with Crippen LogP contribution in [0.5, 0.6) is 5.75 Å². The van der Waals surface area contributed by atoms with E-state index in [1.165, 1.54) is 30.5 Å². The van der Waals surface area contributed by atoms with E-state index in [9.17, 15) is 4.39 Å². The Hall–Kier alpha value is -1.87. The molecule has 1 unspecified atom stereocenters. The summed E-state index contributed by atoms with van der Waals surface area (Å²) in [5.74, 6) is 1.40. The van der Waals surface area contributed by atoms with Crippen molar-refractivity contribution in [2.75, 3.05) is 7.11 Å². The van der Waals surface area contributed by atoms with Gasteiger partial charge in [0.15, 0.2) is 0 Å². The molecule has 3 heteroatoms. The van der Waals surface area contributed by atoms with E-state index in [0.29, 0.717) is 12.0 Å². The van der Waals surface area contributed by atoms with Crippen LogP contribution in [0.25, 0.3) is 0 Å². The molecule has 2 nitrogen and oxygen atoms in total. The largest absolute Gasteiger partial charge is 0.497 e. The lowest BCUT2D eigenvalue weighted by molar-refractivity contribution is 0.413. The van der Waals surface area contributed by atoms with Crippen molar-refractivity contribution in [1.82, 2.24) is 5.32 Å². The topological polar surface area (TPSA) is 21.3 Å². The molecular formula is C18H20FNO. The summed E-state index contributed by atoms with van der Waals surface area (Å²) in [5, 5.41) is 3.61. The maximum Gasteiger partial charge on any atom is 0.123 e. The van der Waals surface area contributed by atoms with Crippen molar-refractivity contribution in [1.29, 1.82) is 0 Å². The van der Waals surface area contributed by atoms with Crippen LogP contribution in [0, 0.1) is 11.7 Å². The molecule has 2 aromatic rings. The number of nitrogens with one attached hydrogen (secondary N) is 1. The summed E-state index contributed by atoms with van der Waals surface area (Å²) in [6, 6.07) is 15.3. The summed E-state index contributed by atoms with van der Waals surface area (Å²) >= 11 is 0. The van der Waals surface area contributed by atoms with Crippen LogP contribution in [-0.2, 0) is 6.54 Å². The number of halogens is 1. The molecule has 1 aliphatic rings. The molecule has 0 amide bonds. The molecule has 110 valence electrons. The Bertz CT molecular complexity index is 575. The van der Waals surface area contributed by atoms with Gasteiger partial charge in [-0.25, -0.2) is 4.39 Å². The molecule has 1 saturated carbocycles. The van der Waals surface area contributed by atoms with Crippen LogP contribution in [0.1, 0.15) is 30.0 Å². The molecule has 1 aliphatic carbocycles. The minimum absolute atomic E-state index is 0.187. The lowest BCUT2D eigenvalue weighted by Crippen LogP contribution is -2.22. The van der Waals surface area contributed by atoms with Gasteiger partial charge in [0.25, 0.3) is 0 Å². The second-order valence-electron chi connectivity index (χ2n) is 5.60. The molecular weight excluding hydrogens is 265 g/mol. The van der Waals surface area contributed by atoms with Gasteiger partial charge in [0, 0.05) is 12.6 Å². The minimum atomic E-state index is -0.187. The molecule has 0 bridgehead atoms. The Labute approximate surface area is 125 Å². The standard InChI is InChI=1S/C18H20FNO/c1-21-17-10-6-15(7-11-17)18(14-4-5-14)20-12-13-2-8-16(19)9-3-13/h2-3,6-11,14,18,20H,4-5,12H2,1H3. The maximum absolute atomic E-state index is 12.9. The van der Waals surface area contributed by atoms with E-state index in [1.807, 2.05) is 24.3 Å². The van der Waals surface area contributed by atoms with E-state index in [4.69, 9.17) is 4.74 Å². The Balaban J connectivity index is 1.68. The molecule has 1 fully saturated rings. The summed E-state index contributed by atoms with van der Waals surface area (Å²) in [6.45, 7) is 0.757. The number of benzene rings is 2. The molecule has 0 spiro atoms. The Morgan fingerprint density at radius 1 is 1.10 bits per heavy atom. The molecule has 0 aromatic heterocycles. The zero-order valence-corrected chi connectivity index (χ0v) is 12.2. The van der Waals surface area contributed by atoms with E-state index in [1.54, 1.807) is 7.11 Å². The van der Waals surface area contributed by atoms with Gasteiger partial charge in [0.1, 0.15) is 11.6 Å². The van der Waals surface area contributed by atoms with E-state index in [0.717, 1.165) is 17.9 Å². The average Bonchev–Trinajstić information content (AvgIpc) is 3.35. The highest BCUT2D eigenvalue weighted by molar-refractivity contribution is 5.30. The minimum Gasteiger partial charge on any atom is -0.497 e. The highest BCUT2D eigenvalue weighted by atomic mass is 19.1. The summed E-state index contributed by atoms with van der Waals surface area (Å²) in [4.78, 5) is 0. The maximum atomic E-state index is 12.9. The van der Waals surface area contributed by atoms with E-state index in [-0.39, 0.29) is 5.82 Å². The van der Waals surface area contributed by atoms with Gasteiger partial charge in [-0.1, -0.05) is 24.3 Å². The molecule has 21 heavy (non-hydrogen) atoms. The first kappa shape index (κ1) is 14.1. The van der Waals surface area contributed by atoms with Gasteiger partial charge in [-0.05, 0) is 54.2 Å². The summed E-state index contributed by atoms with van der Waals surface area (Å²) in [6.07, 6.45) is 2.54. The third-order valence-electron chi connectivity index (χ3n) is 4.01. The van der Waals surface area contributed by atoms with Crippen molar-refractivity contribution in [3.63, 3.8) is 0 Å². The number of rotatable bonds is 6. The zero-order valence-electron chi connectivity index (χ0n) is 12.2. The fourth-order valence-corrected chi connectivity index (χ4v) is 2.63.